The Morgan fingerprint density at radius 2 is 1.45 bits per heavy atom. The van der Waals surface area contributed by atoms with Crippen LogP contribution in [0.5, 0.6) is 5.75 Å². The average molecular weight is 489 g/mol. The Morgan fingerprint density at radius 1 is 0.903 bits per heavy atom. The molecule has 0 aliphatic rings. The van der Waals surface area contributed by atoms with Crippen molar-refractivity contribution in [1.29, 1.82) is 4.78 Å². The van der Waals surface area contributed by atoms with Gasteiger partial charge in [-0.05, 0) is 42.5 Å². The zero-order valence-corrected chi connectivity index (χ0v) is 17.7. The lowest BCUT2D eigenvalue weighted by atomic mass is 9.97. The molecule has 0 saturated carbocycles. The molecule has 0 aliphatic carbocycles. The number of nitrogens with one attached hydrogen (secondary N) is 1. The molecule has 1 N–H and O–H groups in total. The van der Waals surface area contributed by atoms with Gasteiger partial charge in [0.15, 0.2) is 5.75 Å². The third-order valence-electron chi connectivity index (χ3n) is 3.65. The van der Waals surface area contributed by atoms with E-state index in [9.17, 15) is 13.2 Å². The lowest BCUT2D eigenvalue weighted by molar-refractivity contribution is -0.137. The predicted octanol–water partition coefficient (Wildman–Crippen LogP) is 6.47. The van der Waals surface area contributed by atoms with E-state index in [2.05, 4.69) is 5.16 Å². The first-order valence-electron chi connectivity index (χ1n) is 8.31. The molecule has 3 aromatic carbocycles. The second-order valence-electron chi connectivity index (χ2n) is 5.77. The van der Waals surface area contributed by atoms with Crippen molar-refractivity contribution in [2.75, 3.05) is 0 Å². The number of nitrogens with zero attached hydrogens (tertiary/aromatic N) is 1. The summed E-state index contributed by atoms with van der Waals surface area (Å²) in [5.74, 6) is 0.336. The molecule has 0 bridgehead atoms. The quantitative estimate of drug-likeness (QED) is 0.337. The lowest BCUT2D eigenvalue weighted by Gasteiger charge is -2.15. The summed E-state index contributed by atoms with van der Waals surface area (Å²) in [6, 6.07) is 18.1. The van der Waals surface area contributed by atoms with Gasteiger partial charge in [0.1, 0.15) is 5.71 Å². The Morgan fingerprint density at radius 3 is 2.00 bits per heavy atom. The zero-order valence-electron chi connectivity index (χ0n) is 15.4. The van der Waals surface area contributed by atoms with Crippen molar-refractivity contribution in [3.8, 4) is 5.75 Å². The van der Waals surface area contributed by atoms with E-state index in [0.717, 1.165) is 6.07 Å². The molecular formula is C20H13Cl2F3N2O3S. The fourth-order valence-electron chi connectivity index (χ4n) is 2.41. The first-order valence-corrected chi connectivity index (χ1v) is 10.1. The zero-order chi connectivity index (χ0) is 23.0. The van der Waals surface area contributed by atoms with Crippen LogP contribution in [-0.4, -0.2) is 14.1 Å². The van der Waals surface area contributed by atoms with Crippen LogP contribution in [0.3, 0.4) is 0 Å². The maximum absolute atomic E-state index is 13.5. The molecular weight excluding hydrogens is 476 g/mol. The summed E-state index contributed by atoms with van der Waals surface area (Å²) < 4.78 is 63.4. The summed E-state index contributed by atoms with van der Waals surface area (Å²) in [6.07, 6.45) is -4.57. The van der Waals surface area contributed by atoms with Crippen LogP contribution in [0.25, 0.3) is 0 Å². The molecule has 31 heavy (non-hydrogen) atoms. The first-order chi connectivity index (χ1) is 14.6. The molecule has 0 spiro atoms. The maximum atomic E-state index is 13.5. The van der Waals surface area contributed by atoms with Crippen LogP contribution in [0.1, 0.15) is 16.7 Å². The van der Waals surface area contributed by atoms with Gasteiger partial charge in [-0.1, -0.05) is 58.7 Å². The Kier molecular flexibility index (Phi) is 8.61. The van der Waals surface area contributed by atoms with Crippen molar-refractivity contribution >= 4 is 39.4 Å². The first kappa shape index (κ1) is 24.4. The van der Waals surface area contributed by atoms with Crippen LogP contribution in [0.4, 0.5) is 13.2 Å². The van der Waals surface area contributed by atoms with Gasteiger partial charge >= 0.3 is 16.7 Å². The van der Waals surface area contributed by atoms with Gasteiger partial charge in [0.2, 0.25) is 0 Å². The number of rotatable bonds is 4. The van der Waals surface area contributed by atoms with Crippen LogP contribution in [0.2, 0.25) is 10.0 Å². The topological polar surface area (TPSA) is 79.6 Å². The third kappa shape index (κ3) is 7.71. The van der Waals surface area contributed by atoms with Gasteiger partial charge in [0, 0.05) is 21.2 Å². The standard InChI is InChI=1S/C20H12Cl2F3NO.HNO2S/c21-14-6-9-16(10-7-14)27-26-19(13-4-2-1-3-5-13)17-12-15(22)8-11-18(17)20(23,24)25;1-4(2)3/h1-12H;1H/b26-19+;. The van der Waals surface area contributed by atoms with E-state index >= 15 is 0 Å². The van der Waals surface area contributed by atoms with E-state index < -0.39 is 22.2 Å². The molecule has 11 heteroatoms. The molecule has 0 aromatic heterocycles. The fraction of sp³-hybridized carbons (Fsp3) is 0.0500. The van der Waals surface area contributed by atoms with Crippen LogP contribution < -0.4 is 4.84 Å². The molecule has 0 unspecified atom stereocenters. The van der Waals surface area contributed by atoms with E-state index in [1.165, 1.54) is 12.1 Å². The summed E-state index contributed by atoms with van der Waals surface area (Å²) in [4.78, 5) is 5.36. The minimum Gasteiger partial charge on any atom is -0.356 e. The van der Waals surface area contributed by atoms with Crippen LogP contribution in [0.15, 0.2) is 78.0 Å². The summed E-state index contributed by atoms with van der Waals surface area (Å²) >= 11 is 11.8. The lowest BCUT2D eigenvalue weighted by Crippen LogP contribution is -2.15. The Bertz CT molecular complexity index is 1160. The molecule has 3 aromatic rings. The van der Waals surface area contributed by atoms with Crippen molar-refractivity contribution in [3.63, 3.8) is 0 Å². The van der Waals surface area contributed by atoms with Gasteiger partial charge in [0.05, 0.1) is 5.56 Å². The Hall–Kier alpha value is -2.88. The van der Waals surface area contributed by atoms with Gasteiger partial charge in [0.25, 0.3) is 0 Å². The van der Waals surface area contributed by atoms with Crippen molar-refractivity contribution in [2.24, 2.45) is 5.16 Å². The second-order valence-corrected chi connectivity index (χ2v) is 7.12. The molecule has 5 nitrogen and oxygen atoms in total. The number of hydrogen-bond donors (Lipinski definition) is 1. The SMILES string of the molecule is FC(F)(F)c1ccc(Cl)cc1/C(=N/Oc1ccc(Cl)cc1)c1ccccc1.N=S(=O)=O. The van der Waals surface area contributed by atoms with Gasteiger partial charge in [-0.2, -0.15) is 26.4 Å². The number of hydrogen-bond acceptors (Lipinski definition) is 5. The van der Waals surface area contributed by atoms with Crippen LogP contribution in [0, 0.1) is 4.78 Å². The van der Waals surface area contributed by atoms with Gasteiger partial charge in [-0.15, -0.1) is 0 Å². The highest BCUT2D eigenvalue weighted by atomic mass is 35.5. The van der Waals surface area contributed by atoms with Gasteiger partial charge < -0.3 is 4.84 Å². The third-order valence-corrected chi connectivity index (χ3v) is 4.13. The van der Waals surface area contributed by atoms with E-state index in [1.807, 2.05) is 0 Å². The smallest absolute Gasteiger partial charge is 0.356 e. The molecule has 0 atom stereocenters. The minimum absolute atomic E-state index is 0.0142. The predicted molar refractivity (Wildman–Crippen MR) is 112 cm³/mol. The largest absolute Gasteiger partial charge is 0.417 e. The van der Waals surface area contributed by atoms with Crippen LogP contribution in [-0.2, 0) is 16.7 Å². The van der Waals surface area contributed by atoms with Crippen molar-refractivity contribution < 1.29 is 26.4 Å². The summed E-state index contributed by atoms with van der Waals surface area (Å²) in [6.45, 7) is 0. The minimum atomic E-state index is -4.57. The molecule has 162 valence electrons. The van der Waals surface area contributed by atoms with Gasteiger partial charge in [-0.3, -0.25) is 0 Å². The second kappa shape index (κ2) is 10.9. The van der Waals surface area contributed by atoms with Crippen LogP contribution >= 0.6 is 23.2 Å². The average Bonchev–Trinajstić information content (AvgIpc) is 2.69. The number of alkyl halides is 3. The Labute approximate surface area is 187 Å². The number of halogens is 5. The fourth-order valence-corrected chi connectivity index (χ4v) is 2.70. The monoisotopic (exact) mass is 488 g/mol. The van der Waals surface area contributed by atoms with E-state index in [4.69, 9.17) is 41.2 Å². The van der Waals surface area contributed by atoms with Crippen molar-refractivity contribution in [1.82, 2.24) is 0 Å². The highest BCUT2D eigenvalue weighted by Gasteiger charge is 2.35. The molecule has 0 radical (unpaired) electrons. The molecule has 0 saturated heterocycles. The molecule has 3 rings (SSSR count). The molecule has 0 amide bonds. The van der Waals surface area contributed by atoms with E-state index in [1.54, 1.807) is 54.6 Å². The Balaban J connectivity index is 0.000000785. The highest BCUT2D eigenvalue weighted by molar-refractivity contribution is 7.60. The normalized spacial score (nSPS) is 11.3. The van der Waals surface area contributed by atoms with E-state index in [-0.39, 0.29) is 16.3 Å². The molecule has 0 aliphatic heterocycles. The van der Waals surface area contributed by atoms with Crippen molar-refractivity contribution in [3.05, 3.63) is 99.5 Å². The highest BCUT2D eigenvalue weighted by Crippen LogP contribution is 2.34. The molecule has 0 fully saturated rings. The summed E-state index contributed by atoms with van der Waals surface area (Å²) in [5.41, 5.74) is -0.552. The number of oxime groups is 1. The van der Waals surface area contributed by atoms with E-state index in [0.29, 0.717) is 16.3 Å². The van der Waals surface area contributed by atoms with Gasteiger partial charge in [-0.25, -0.2) is 0 Å². The summed E-state index contributed by atoms with van der Waals surface area (Å²) in [7, 11) is -2.61. The molecule has 0 heterocycles. The summed E-state index contributed by atoms with van der Waals surface area (Å²) in [5, 5.41) is 4.66. The van der Waals surface area contributed by atoms with Crippen molar-refractivity contribution in [2.45, 2.75) is 6.18 Å². The maximum Gasteiger partial charge on any atom is 0.417 e. The number of benzene rings is 3.